The highest BCUT2D eigenvalue weighted by molar-refractivity contribution is 5.79. The first-order valence-corrected chi connectivity index (χ1v) is 8.47. The first-order chi connectivity index (χ1) is 12.9. The minimum Gasteiger partial charge on any atom is -0.394 e. The quantitative estimate of drug-likeness (QED) is 0.587. The summed E-state index contributed by atoms with van der Waals surface area (Å²) >= 11 is 0. The van der Waals surface area contributed by atoms with E-state index in [9.17, 15) is 19.5 Å². The number of fused-ring (bicyclic) bond motifs is 1. The van der Waals surface area contributed by atoms with Gasteiger partial charge in [0.2, 0.25) is 5.91 Å². The largest absolute Gasteiger partial charge is 0.394 e. The zero-order valence-electron chi connectivity index (χ0n) is 15.1. The number of imidazole rings is 1. The molecule has 0 aliphatic carbocycles. The molecule has 0 aliphatic rings. The highest BCUT2D eigenvalue weighted by Gasteiger charge is 2.17. The number of aromatic nitrogens is 4. The molecule has 0 aliphatic heterocycles. The van der Waals surface area contributed by atoms with Gasteiger partial charge in [-0.3, -0.25) is 18.7 Å². The van der Waals surface area contributed by atoms with E-state index < -0.39 is 17.3 Å². The Hall–Kier alpha value is -3.20. The average Bonchev–Trinajstić information content (AvgIpc) is 3.08. The highest BCUT2D eigenvalue weighted by Crippen LogP contribution is 2.06. The number of carbonyl (C=O) groups is 1. The van der Waals surface area contributed by atoms with Crippen LogP contribution < -0.4 is 16.6 Å². The predicted octanol–water partition coefficient (Wildman–Crippen LogP) is -0.846. The van der Waals surface area contributed by atoms with Gasteiger partial charge in [-0.05, 0) is 12.0 Å². The fraction of sp³-hybridized carbons (Fsp3) is 0.333. The maximum Gasteiger partial charge on any atom is 0.332 e. The monoisotopic (exact) mass is 371 g/mol. The molecule has 1 aromatic carbocycles. The number of aliphatic hydroxyl groups is 1. The third-order valence-electron chi connectivity index (χ3n) is 4.44. The molecule has 0 bridgehead atoms. The van der Waals surface area contributed by atoms with Gasteiger partial charge in [0.25, 0.3) is 5.56 Å². The summed E-state index contributed by atoms with van der Waals surface area (Å²) < 4.78 is 3.64. The van der Waals surface area contributed by atoms with Crippen molar-refractivity contribution in [2.24, 2.45) is 14.1 Å². The predicted molar refractivity (Wildman–Crippen MR) is 99.4 cm³/mol. The second kappa shape index (κ2) is 7.58. The molecule has 9 heteroatoms. The topological polar surface area (TPSA) is 111 Å². The third kappa shape index (κ3) is 3.68. The van der Waals surface area contributed by atoms with Crippen molar-refractivity contribution in [3.8, 4) is 0 Å². The molecule has 2 N–H and O–H groups in total. The Bertz CT molecular complexity index is 1080. The molecule has 0 spiro atoms. The number of aryl methyl sites for hydroxylation is 1. The van der Waals surface area contributed by atoms with Gasteiger partial charge >= 0.3 is 5.69 Å². The van der Waals surface area contributed by atoms with Crippen LogP contribution in [0.4, 0.5) is 0 Å². The summed E-state index contributed by atoms with van der Waals surface area (Å²) in [4.78, 5) is 40.9. The molecule has 0 saturated heterocycles. The zero-order chi connectivity index (χ0) is 19.6. The first kappa shape index (κ1) is 18.6. The van der Waals surface area contributed by atoms with Crippen LogP contribution in [0.25, 0.3) is 11.2 Å². The Morgan fingerprint density at radius 2 is 1.89 bits per heavy atom. The second-order valence-corrected chi connectivity index (χ2v) is 6.39. The summed E-state index contributed by atoms with van der Waals surface area (Å²) in [7, 11) is 2.90. The van der Waals surface area contributed by atoms with E-state index in [1.54, 1.807) is 0 Å². The molecule has 1 unspecified atom stereocenters. The number of nitrogens with zero attached hydrogens (tertiary/aromatic N) is 4. The van der Waals surface area contributed by atoms with E-state index in [-0.39, 0.29) is 30.2 Å². The van der Waals surface area contributed by atoms with Gasteiger partial charge in [-0.25, -0.2) is 9.78 Å². The fourth-order valence-electron chi connectivity index (χ4n) is 3.00. The van der Waals surface area contributed by atoms with E-state index in [1.165, 1.54) is 29.6 Å². The van der Waals surface area contributed by atoms with Gasteiger partial charge in [-0.2, -0.15) is 0 Å². The molecule has 27 heavy (non-hydrogen) atoms. The van der Waals surface area contributed by atoms with Crippen molar-refractivity contribution in [2.45, 2.75) is 19.0 Å². The molecule has 0 radical (unpaired) electrons. The fourth-order valence-corrected chi connectivity index (χ4v) is 3.00. The van der Waals surface area contributed by atoms with Gasteiger partial charge in [0.05, 0.1) is 19.0 Å². The second-order valence-electron chi connectivity index (χ2n) is 6.39. The Morgan fingerprint density at radius 1 is 1.19 bits per heavy atom. The van der Waals surface area contributed by atoms with Crippen molar-refractivity contribution >= 4 is 17.1 Å². The Kier molecular flexibility index (Phi) is 5.22. The molecule has 3 rings (SSSR count). The number of hydrogen-bond acceptors (Lipinski definition) is 5. The molecule has 2 aromatic heterocycles. The molecule has 9 nitrogen and oxygen atoms in total. The van der Waals surface area contributed by atoms with Crippen LogP contribution in [-0.4, -0.2) is 42.3 Å². The van der Waals surface area contributed by atoms with E-state index in [0.29, 0.717) is 6.42 Å². The van der Waals surface area contributed by atoms with Crippen molar-refractivity contribution < 1.29 is 9.90 Å². The molecule has 142 valence electrons. The van der Waals surface area contributed by atoms with Crippen LogP contribution >= 0.6 is 0 Å². The molecule has 0 saturated carbocycles. The lowest BCUT2D eigenvalue weighted by atomic mass is 10.1. The van der Waals surface area contributed by atoms with Crippen LogP contribution in [-0.2, 0) is 31.9 Å². The summed E-state index contributed by atoms with van der Waals surface area (Å²) in [5, 5.41) is 12.3. The van der Waals surface area contributed by atoms with E-state index in [2.05, 4.69) is 10.3 Å². The number of hydrogen-bond donors (Lipinski definition) is 2. The van der Waals surface area contributed by atoms with Gasteiger partial charge in [0.1, 0.15) is 6.54 Å². The van der Waals surface area contributed by atoms with Gasteiger partial charge < -0.3 is 15.0 Å². The molecular formula is C18H21N5O4. The van der Waals surface area contributed by atoms with Crippen LogP contribution in [0.1, 0.15) is 5.56 Å². The maximum atomic E-state index is 12.4. The van der Waals surface area contributed by atoms with E-state index in [0.717, 1.165) is 10.1 Å². The minimum atomic E-state index is -0.513. The maximum absolute atomic E-state index is 12.4. The lowest BCUT2D eigenvalue weighted by molar-refractivity contribution is -0.122. The van der Waals surface area contributed by atoms with Gasteiger partial charge in [0, 0.05) is 14.1 Å². The Morgan fingerprint density at radius 3 is 2.56 bits per heavy atom. The summed E-state index contributed by atoms with van der Waals surface area (Å²) in [5.74, 6) is -0.361. The van der Waals surface area contributed by atoms with Gasteiger partial charge in [-0.15, -0.1) is 0 Å². The number of nitrogens with one attached hydrogen (secondary N) is 1. The van der Waals surface area contributed by atoms with Crippen LogP contribution in [0.15, 0.2) is 46.2 Å². The smallest absolute Gasteiger partial charge is 0.332 e. The SMILES string of the molecule is Cn1c(=O)c2c(ncn2CC(=O)NC(CO)Cc2ccccc2)n(C)c1=O. The van der Waals surface area contributed by atoms with Crippen molar-refractivity contribution in [3.05, 3.63) is 63.1 Å². The lowest BCUT2D eigenvalue weighted by Gasteiger charge is -2.16. The molecular weight excluding hydrogens is 350 g/mol. The van der Waals surface area contributed by atoms with Crippen molar-refractivity contribution in [1.29, 1.82) is 0 Å². The summed E-state index contributed by atoms with van der Waals surface area (Å²) in [6, 6.07) is 9.08. The molecule has 1 atom stereocenters. The zero-order valence-corrected chi connectivity index (χ0v) is 15.1. The van der Waals surface area contributed by atoms with Crippen LogP contribution in [0, 0.1) is 0 Å². The average molecular weight is 371 g/mol. The standard InChI is InChI=1S/C18H21N5O4/c1-21-16-15(17(26)22(2)18(21)27)23(11-19-16)9-14(25)20-13(10-24)8-12-6-4-3-5-7-12/h3-7,11,13,24H,8-10H2,1-2H3,(H,20,25). The van der Waals surface area contributed by atoms with Crippen LogP contribution in [0.3, 0.4) is 0 Å². The number of amides is 1. The number of aliphatic hydroxyl groups excluding tert-OH is 1. The highest BCUT2D eigenvalue weighted by atomic mass is 16.3. The lowest BCUT2D eigenvalue weighted by Crippen LogP contribution is -2.41. The van der Waals surface area contributed by atoms with Crippen molar-refractivity contribution in [1.82, 2.24) is 24.0 Å². The first-order valence-electron chi connectivity index (χ1n) is 8.47. The summed E-state index contributed by atoms with van der Waals surface area (Å²) in [6.45, 7) is -0.350. The third-order valence-corrected chi connectivity index (χ3v) is 4.44. The Balaban J connectivity index is 1.80. The van der Waals surface area contributed by atoms with E-state index >= 15 is 0 Å². The number of benzene rings is 1. The molecule has 2 heterocycles. The molecule has 3 aromatic rings. The van der Waals surface area contributed by atoms with Crippen molar-refractivity contribution in [2.75, 3.05) is 6.61 Å². The summed E-state index contributed by atoms with van der Waals surface area (Å²) in [5.41, 5.74) is 0.401. The number of rotatable bonds is 6. The van der Waals surface area contributed by atoms with E-state index in [4.69, 9.17) is 0 Å². The van der Waals surface area contributed by atoms with Crippen LogP contribution in [0.5, 0.6) is 0 Å². The van der Waals surface area contributed by atoms with Crippen LogP contribution in [0.2, 0.25) is 0 Å². The minimum absolute atomic E-state index is 0.144. The summed E-state index contributed by atoms with van der Waals surface area (Å²) in [6.07, 6.45) is 1.85. The molecule has 1 amide bonds. The van der Waals surface area contributed by atoms with Gasteiger partial charge in [0.15, 0.2) is 11.2 Å². The van der Waals surface area contributed by atoms with Gasteiger partial charge in [-0.1, -0.05) is 30.3 Å². The van der Waals surface area contributed by atoms with Crippen molar-refractivity contribution in [3.63, 3.8) is 0 Å². The normalized spacial score (nSPS) is 12.3. The van der Waals surface area contributed by atoms with E-state index in [1.807, 2.05) is 30.3 Å². The number of carbonyl (C=O) groups excluding carboxylic acids is 1. The molecule has 0 fully saturated rings. The Labute approximate surface area is 154 Å².